The molecule has 0 saturated heterocycles. The van der Waals surface area contributed by atoms with Gasteiger partial charge >= 0.3 is 0 Å². The van der Waals surface area contributed by atoms with Crippen LogP contribution >= 0.6 is 0 Å². The first-order valence-electron chi connectivity index (χ1n) is 5.69. The summed E-state index contributed by atoms with van der Waals surface area (Å²) in [4.78, 5) is 2.41. The maximum atomic E-state index is 8.62. The Hall–Kier alpha value is -1.59. The number of hydrogen-bond acceptors (Lipinski definition) is 2. The van der Waals surface area contributed by atoms with Crippen molar-refractivity contribution >= 4 is 0 Å². The largest absolute Gasteiger partial charge is 0.295 e. The molecule has 1 aliphatic rings. The van der Waals surface area contributed by atoms with E-state index in [4.69, 9.17) is 5.26 Å². The summed E-state index contributed by atoms with van der Waals surface area (Å²) in [6, 6.07) is 12.7. The van der Waals surface area contributed by atoms with Gasteiger partial charge in [0.05, 0.1) is 12.5 Å². The van der Waals surface area contributed by atoms with Gasteiger partial charge in [-0.2, -0.15) is 5.26 Å². The second-order valence-electron chi connectivity index (χ2n) is 4.17. The van der Waals surface area contributed by atoms with Gasteiger partial charge in [-0.1, -0.05) is 42.0 Å². The highest BCUT2D eigenvalue weighted by Gasteiger charge is 2.11. The Labute approximate surface area is 96.8 Å². The molecule has 16 heavy (non-hydrogen) atoms. The standard InChI is InChI=1S/C14H16N2/c15-9-6-13-7-10-16(11-8-13)12-14-4-2-1-3-5-14/h1-5,7H,6,8,10-12H2. The molecule has 0 aromatic heterocycles. The van der Waals surface area contributed by atoms with E-state index in [0.717, 1.165) is 26.1 Å². The van der Waals surface area contributed by atoms with Crippen LogP contribution in [0.1, 0.15) is 18.4 Å². The Morgan fingerprint density at radius 2 is 2.06 bits per heavy atom. The van der Waals surface area contributed by atoms with Gasteiger partial charge in [-0.3, -0.25) is 4.90 Å². The van der Waals surface area contributed by atoms with Gasteiger partial charge in [0.25, 0.3) is 0 Å². The molecule has 1 heterocycles. The molecule has 0 aliphatic carbocycles. The minimum Gasteiger partial charge on any atom is -0.295 e. The highest BCUT2D eigenvalue weighted by Crippen LogP contribution is 2.15. The van der Waals surface area contributed by atoms with E-state index >= 15 is 0 Å². The van der Waals surface area contributed by atoms with Gasteiger partial charge in [-0.15, -0.1) is 0 Å². The van der Waals surface area contributed by atoms with Gasteiger partial charge in [0.15, 0.2) is 0 Å². The van der Waals surface area contributed by atoms with E-state index in [1.54, 1.807) is 0 Å². The van der Waals surface area contributed by atoms with Gasteiger partial charge in [0.2, 0.25) is 0 Å². The summed E-state index contributed by atoms with van der Waals surface area (Å²) in [7, 11) is 0. The molecule has 2 nitrogen and oxygen atoms in total. The lowest BCUT2D eigenvalue weighted by molar-refractivity contribution is 0.285. The van der Waals surface area contributed by atoms with Crippen LogP contribution in [0.2, 0.25) is 0 Å². The molecular formula is C14H16N2. The molecule has 0 unspecified atom stereocenters. The maximum Gasteiger partial charge on any atom is 0.0666 e. The maximum absolute atomic E-state index is 8.62. The zero-order chi connectivity index (χ0) is 11.2. The van der Waals surface area contributed by atoms with Crippen LogP contribution in [0.25, 0.3) is 0 Å². The minimum atomic E-state index is 0.596. The summed E-state index contributed by atoms with van der Waals surface area (Å²) < 4.78 is 0. The van der Waals surface area contributed by atoms with Crippen molar-refractivity contribution in [1.29, 1.82) is 5.26 Å². The average Bonchev–Trinajstić information content (AvgIpc) is 2.33. The molecule has 1 aliphatic heterocycles. The Bertz CT molecular complexity index is 400. The summed E-state index contributed by atoms with van der Waals surface area (Å²) in [6.45, 7) is 3.06. The normalized spacial score (nSPS) is 16.6. The summed E-state index contributed by atoms with van der Waals surface area (Å²) >= 11 is 0. The van der Waals surface area contributed by atoms with E-state index < -0.39 is 0 Å². The molecular weight excluding hydrogens is 196 g/mol. The smallest absolute Gasteiger partial charge is 0.0666 e. The van der Waals surface area contributed by atoms with Gasteiger partial charge in [0, 0.05) is 19.6 Å². The first kappa shape index (κ1) is 10.9. The van der Waals surface area contributed by atoms with Crippen LogP contribution in [0.3, 0.4) is 0 Å². The third-order valence-electron chi connectivity index (χ3n) is 2.94. The third-order valence-corrected chi connectivity index (χ3v) is 2.94. The predicted octanol–water partition coefficient (Wildman–Crippen LogP) is 2.73. The second kappa shape index (κ2) is 5.48. The van der Waals surface area contributed by atoms with Gasteiger partial charge in [0.1, 0.15) is 0 Å². The molecule has 82 valence electrons. The van der Waals surface area contributed by atoms with Crippen molar-refractivity contribution < 1.29 is 0 Å². The van der Waals surface area contributed by atoms with E-state index in [1.165, 1.54) is 11.1 Å². The van der Waals surface area contributed by atoms with Crippen molar-refractivity contribution in [2.24, 2.45) is 0 Å². The van der Waals surface area contributed by atoms with Crippen molar-refractivity contribution in [3.05, 3.63) is 47.5 Å². The first-order chi connectivity index (χ1) is 7.88. The molecule has 0 saturated carbocycles. The van der Waals surface area contributed by atoms with Crippen molar-refractivity contribution in [1.82, 2.24) is 4.90 Å². The van der Waals surface area contributed by atoms with Crippen LogP contribution in [0.15, 0.2) is 42.0 Å². The van der Waals surface area contributed by atoms with Crippen molar-refractivity contribution in [3.63, 3.8) is 0 Å². The molecule has 0 atom stereocenters. The van der Waals surface area contributed by atoms with Crippen molar-refractivity contribution in [2.45, 2.75) is 19.4 Å². The number of benzene rings is 1. The Morgan fingerprint density at radius 1 is 1.25 bits per heavy atom. The number of nitrogens with zero attached hydrogens (tertiary/aromatic N) is 2. The van der Waals surface area contributed by atoms with E-state index in [-0.39, 0.29) is 0 Å². The van der Waals surface area contributed by atoms with Crippen LogP contribution < -0.4 is 0 Å². The zero-order valence-electron chi connectivity index (χ0n) is 9.39. The Morgan fingerprint density at radius 3 is 2.69 bits per heavy atom. The number of hydrogen-bond donors (Lipinski definition) is 0. The fourth-order valence-electron chi connectivity index (χ4n) is 2.00. The van der Waals surface area contributed by atoms with Crippen LogP contribution in [-0.4, -0.2) is 18.0 Å². The van der Waals surface area contributed by atoms with Crippen LogP contribution in [0.4, 0.5) is 0 Å². The number of nitriles is 1. The molecule has 0 fully saturated rings. The monoisotopic (exact) mass is 212 g/mol. The van der Waals surface area contributed by atoms with E-state index in [1.807, 2.05) is 6.07 Å². The van der Waals surface area contributed by atoms with E-state index in [9.17, 15) is 0 Å². The SMILES string of the molecule is N#CCC1=CCN(Cc2ccccc2)CC1. The Kier molecular flexibility index (Phi) is 3.74. The molecule has 1 aromatic carbocycles. The predicted molar refractivity (Wildman–Crippen MR) is 64.6 cm³/mol. The van der Waals surface area contributed by atoms with E-state index in [2.05, 4.69) is 41.3 Å². The lowest BCUT2D eigenvalue weighted by Gasteiger charge is -2.25. The molecule has 2 rings (SSSR count). The fraction of sp³-hybridized carbons (Fsp3) is 0.357. The fourth-order valence-corrected chi connectivity index (χ4v) is 2.00. The quantitative estimate of drug-likeness (QED) is 0.720. The second-order valence-corrected chi connectivity index (χ2v) is 4.17. The highest BCUT2D eigenvalue weighted by atomic mass is 15.1. The number of rotatable bonds is 3. The van der Waals surface area contributed by atoms with Crippen molar-refractivity contribution in [2.75, 3.05) is 13.1 Å². The summed E-state index contributed by atoms with van der Waals surface area (Å²) in [5, 5.41) is 8.62. The molecule has 2 heteroatoms. The molecule has 0 spiro atoms. The lowest BCUT2D eigenvalue weighted by atomic mass is 10.1. The molecule has 0 N–H and O–H groups in total. The molecule has 0 radical (unpaired) electrons. The minimum absolute atomic E-state index is 0.596. The average molecular weight is 212 g/mol. The molecule has 0 amide bonds. The summed E-state index contributed by atoms with van der Waals surface area (Å²) in [5.74, 6) is 0. The van der Waals surface area contributed by atoms with Gasteiger partial charge in [-0.25, -0.2) is 0 Å². The highest BCUT2D eigenvalue weighted by molar-refractivity contribution is 5.16. The van der Waals surface area contributed by atoms with Crippen LogP contribution in [-0.2, 0) is 6.54 Å². The topological polar surface area (TPSA) is 27.0 Å². The molecule has 0 bridgehead atoms. The Balaban J connectivity index is 1.89. The summed E-state index contributed by atoms with van der Waals surface area (Å²) in [6.07, 6.45) is 3.84. The van der Waals surface area contributed by atoms with Crippen LogP contribution in [0, 0.1) is 11.3 Å². The molecule has 1 aromatic rings. The van der Waals surface area contributed by atoms with Crippen LogP contribution in [0.5, 0.6) is 0 Å². The zero-order valence-corrected chi connectivity index (χ0v) is 9.39. The lowest BCUT2D eigenvalue weighted by Crippen LogP contribution is -2.28. The summed E-state index contributed by atoms with van der Waals surface area (Å²) in [5.41, 5.74) is 2.66. The first-order valence-corrected chi connectivity index (χ1v) is 5.69. The van der Waals surface area contributed by atoms with Crippen molar-refractivity contribution in [3.8, 4) is 6.07 Å². The van der Waals surface area contributed by atoms with Gasteiger partial charge < -0.3 is 0 Å². The van der Waals surface area contributed by atoms with Gasteiger partial charge in [-0.05, 0) is 12.0 Å². The van der Waals surface area contributed by atoms with E-state index in [0.29, 0.717) is 6.42 Å². The third kappa shape index (κ3) is 2.95.